The molecule has 0 spiro atoms. The molecule has 2 N–H and O–H groups in total. The van der Waals surface area contributed by atoms with E-state index in [1.807, 2.05) is 20.8 Å². The van der Waals surface area contributed by atoms with Crippen LogP contribution in [0.25, 0.3) is 0 Å². The number of methoxy groups -OCH3 is 1. The SMILES string of the molecule is C=C(C)C(=O)OCC(=O)NC(CC)COC1(C)CC(OCCC(C)(C)NC(=O)COC(=O)C(=C)C)C(CC)(CC(C)(C)OC)C1. The molecule has 45 heavy (non-hydrogen) atoms. The van der Waals surface area contributed by atoms with Gasteiger partial charge in [-0.15, -0.1) is 0 Å². The smallest absolute Gasteiger partial charge is 0.333 e. The first kappa shape index (κ1) is 40.3. The number of carbonyl (C=O) groups excluding carboxylic acids is 4. The Morgan fingerprint density at radius 1 is 0.956 bits per heavy atom. The Hall–Kier alpha value is -2.76. The second-order valence-electron chi connectivity index (χ2n) is 13.9. The van der Waals surface area contributed by atoms with E-state index in [2.05, 4.69) is 51.5 Å². The zero-order chi connectivity index (χ0) is 34.6. The number of nitrogens with one attached hydrogen (secondary N) is 2. The summed E-state index contributed by atoms with van der Waals surface area (Å²) in [5, 5.41) is 5.81. The van der Waals surface area contributed by atoms with Crippen LogP contribution < -0.4 is 10.6 Å². The van der Waals surface area contributed by atoms with Crippen LogP contribution in [0.2, 0.25) is 0 Å². The van der Waals surface area contributed by atoms with Crippen molar-refractivity contribution in [1.82, 2.24) is 10.6 Å². The predicted molar refractivity (Wildman–Crippen MR) is 172 cm³/mol. The lowest BCUT2D eigenvalue weighted by atomic mass is 9.72. The first-order valence-corrected chi connectivity index (χ1v) is 15.8. The number of hydrogen-bond acceptors (Lipinski definition) is 9. The topological polar surface area (TPSA) is 138 Å². The number of hydrogen-bond donors (Lipinski definition) is 2. The summed E-state index contributed by atoms with van der Waals surface area (Å²) in [6.45, 7) is 24.2. The van der Waals surface area contributed by atoms with Gasteiger partial charge >= 0.3 is 11.9 Å². The maximum atomic E-state index is 12.4. The minimum atomic E-state index is -0.608. The molecule has 1 rings (SSSR count). The number of rotatable bonds is 20. The molecule has 0 aromatic carbocycles. The Morgan fingerprint density at radius 3 is 2.00 bits per heavy atom. The monoisotopic (exact) mass is 638 g/mol. The van der Waals surface area contributed by atoms with Crippen LogP contribution in [-0.4, -0.2) is 86.2 Å². The molecular weight excluding hydrogens is 580 g/mol. The molecule has 4 atom stereocenters. The van der Waals surface area contributed by atoms with Crippen molar-refractivity contribution in [2.24, 2.45) is 5.41 Å². The van der Waals surface area contributed by atoms with Crippen LogP contribution in [0.1, 0.15) is 101 Å². The number of amides is 2. The van der Waals surface area contributed by atoms with Gasteiger partial charge < -0.3 is 34.3 Å². The molecule has 1 aliphatic rings. The molecule has 258 valence electrons. The van der Waals surface area contributed by atoms with Crippen LogP contribution in [0, 0.1) is 5.41 Å². The largest absolute Gasteiger partial charge is 0.452 e. The van der Waals surface area contributed by atoms with Crippen molar-refractivity contribution in [2.75, 3.05) is 33.5 Å². The molecule has 1 fully saturated rings. The van der Waals surface area contributed by atoms with Crippen LogP contribution >= 0.6 is 0 Å². The van der Waals surface area contributed by atoms with Gasteiger partial charge in [0.25, 0.3) is 11.8 Å². The lowest BCUT2D eigenvalue weighted by molar-refractivity contribution is -0.145. The molecule has 4 unspecified atom stereocenters. The second kappa shape index (κ2) is 17.2. The predicted octanol–water partition coefficient (Wildman–Crippen LogP) is 4.57. The lowest BCUT2D eigenvalue weighted by Gasteiger charge is -2.41. The van der Waals surface area contributed by atoms with E-state index in [0.29, 0.717) is 32.5 Å². The summed E-state index contributed by atoms with van der Waals surface area (Å²) >= 11 is 0. The van der Waals surface area contributed by atoms with Gasteiger partial charge in [0.2, 0.25) is 0 Å². The van der Waals surface area contributed by atoms with Crippen LogP contribution in [0.3, 0.4) is 0 Å². The standard InChI is InChI=1S/C34H58N2O9/c1-13-25(35-27(37)19-43-29(39)23(3)4)18-45-33(11)17-26(34(14-2,22-33)21-32(9,10)41-12)42-16-15-31(7,8)36-28(38)20-44-30(40)24(5)6/h25-26H,3,5,13-22H2,1-2,4,6-12H3,(H,35,37)(H,36,38). The van der Waals surface area contributed by atoms with Crippen LogP contribution in [0.4, 0.5) is 0 Å². The molecule has 0 saturated heterocycles. The normalized spacial score (nSPS) is 22.3. The summed E-state index contributed by atoms with van der Waals surface area (Å²) in [5.41, 5.74) is -1.28. The summed E-state index contributed by atoms with van der Waals surface area (Å²) in [7, 11) is 1.71. The van der Waals surface area contributed by atoms with E-state index >= 15 is 0 Å². The van der Waals surface area contributed by atoms with Crippen molar-refractivity contribution in [3.8, 4) is 0 Å². The molecule has 11 nitrogen and oxygen atoms in total. The minimum absolute atomic E-state index is 0.138. The fourth-order valence-electron chi connectivity index (χ4n) is 5.73. The maximum absolute atomic E-state index is 12.4. The van der Waals surface area contributed by atoms with Gasteiger partial charge in [-0.1, -0.05) is 27.0 Å². The van der Waals surface area contributed by atoms with E-state index in [0.717, 1.165) is 19.3 Å². The molecule has 1 aliphatic carbocycles. The minimum Gasteiger partial charge on any atom is -0.452 e. The van der Waals surface area contributed by atoms with E-state index in [4.69, 9.17) is 23.7 Å². The van der Waals surface area contributed by atoms with Crippen LogP contribution in [0.15, 0.2) is 24.3 Å². The Morgan fingerprint density at radius 2 is 1.51 bits per heavy atom. The first-order valence-electron chi connectivity index (χ1n) is 15.8. The van der Waals surface area contributed by atoms with Crippen LogP contribution in [-0.2, 0) is 42.9 Å². The first-order chi connectivity index (χ1) is 20.7. The molecule has 11 heteroatoms. The van der Waals surface area contributed by atoms with Gasteiger partial charge in [-0.25, -0.2) is 9.59 Å². The third-order valence-corrected chi connectivity index (χ3v) is 8.44. The molecule has 0 heterocycles. The van der Waals surface area contributed by atoms with Gasteiger partial charge in [-0.2, -0.15) is 0 Å². The zero-order valence-electron chi connectivity index (χ0n) is 29.3. The average Bonchev–Trinajstić information content (AvgIpc) is 3.22. The van der Waals surface area contributed by atoms with E-state index in [1.165, 1.54) is 13.8 Å². The number of carbonyl (C=O) groups is 4. The average molecular weight is 639 g/mol. The highest BCUT2D eigenvalue weighted by atomic mass is 16.5. The highest BCUT2D eigenvalue weighted by Crippen LogP contribution is 2.54. The van der Waals surface area contributed by atoms with Gasteiger partial charge in [0.05, 0.1) is 30.0 Å². The summed E-state index contributed by atoms with van der Waals surface area (Å²) in [6, 6.07) is -0.261. The van der Waals surface area contributed by atoms with Crippen molar-refractivity contribution in [2.45, 2.75) is 130 Å². The molecule has 0 bridgehead atoms. The summed E-state index contributed by atoms with van der Waals surface area (Å²) < 4.78 is 28.9. The van der Waals surface area contributed by atoms with Gasteiger partial charge in [0, 0.05) is 42.2 Å². The molecule has 0 aromatic rings. The zero-order valence-corrected chi connectivity index (χ0v) is 29.3. The third kappa shape index (κ3) is 13.6. The number of ether oxygens (including phenoxy) is 5. The van der Waals surface area contributed by atoms with Crippen LogP contribution in [0.5, 0.6) is 0 Å². The molecular formula is C34H58N2O9. The fourth-order valence-corrected chi connectivity index (χ4v) is 5.73. The number of esters is 2. The molecule has 1 saturated carbocycles. The Kier molecular flexibility index (Phi) is 15.4. The maximum Gasteiger partial charge on any atom is 0.333 e. The summed E-state index contributed by atoms with van der Waals surface area (Å²) in [6.07, 6.45) is 4.02. The highest BCUT2D eigenvalue weighted by molar-refractivity contribution is 5.90. The molecule has 0 radical (unpaired) electrons. The lowest BCUT2D eigenvalue weighted by Crippen LogP contribution is -2.46. The van der Waals surface area contributed by atoms with Crippen molar-refractivity contribution in [1.29, 1.82) is 0 Å². The van der Waals surface area contributed by atoms with Gasteiger partial charge in [-0.3, -0.25) is 9.59 Å². The van der Waals surface area contributed by atoms with E-state index in [1.54, 1.807) is 7.11 Å². The van der Waals surface area contributed by atoms with Crippen molar-refractivity contribution >= 4 is 23.8 Å². The second-order valence-corrected chi connectivity index (χ2v) is 13.9. The Labute approximate surface area is 270 Å². The highest BCUT2D eigenvalue weighted by Gasteiger charge is 2.55. The van der Waals surface area contributed by atoms with Gasteiger partial charge in [0.1, 0.15) is 0 Å². The third-order valence-electron chi connectivity index (χ3n) is 8.44. The fraction of sp³-hybridized carbons (Fsp3) is 0.765. The van der Waals surface area contributed by atoms with E-state index in [9.17, 15) is 19.2 Å². The van der Waals surface area contributed by atoms with Crippen molar-refractivity contribution in [3.05, 3.63) is 24.3 Å². The van der Waals surface area contributed by atoms with Crippen molar-refractivity contribution < 1.29 is 42.9 Å². The van der Waals surface area contributed by atoms with E-state index in [-0.39, 0.29) is 41.9 Å². The molecule has 0 aromatic heterocycles. The van der Waals surface area contributed by atoms with Gasteiger partial charge in [0.15, 0.2) is 13.2 Å². The van der Waals surface area contributed by atoms with Gasteiger partial charge in [-0.05, 0) is 80.6 Å². The Balaban J connectivity index is 2.93. The summed E-state index contributed by atoms with van der Waals surface area (Å²) in [4.78, 5) is 48.1. The quantitative estimate of drug-likeness (QED) is 0.145. The molecule has 2 amide bonds. The van der Waals surface area contributed by atoms with E-state index < -0.39 is 40.5 Å². The molecule has 0 aliphatic heterocycles. The Bertz CT molecular complexity index is 1070. The summed E-state index contributed by atoms with van der Waals surface area (Å²) in [5.74, 6) is -2.01. The van der Waals surface area contributed by atoms with Crippen molar-refractivity contribution in [3.63, 3.8) is 0 Å².